The van der Waals surface area contributed by atoms with Gasteiger partial charge in [0.15, 0.2) is 5.82 Å². The van der Waals surface area contributed by atoms with Crippen molar-refractivity contribution in [1.29, 1.82) is 0 Å². The standard InChI is InChI=1S/C12H18N2O4/c1-12(2,6-10(15)16)5-9-13-11(14-18-9)8-3-4-17-7-8/h8H,3-7H2,1-2H3,(H,15,16). The van der Waals surface area contributed by atoms with Gasteiger partial charge in [-0.1, -0.05) is 19.0 Å². The molecule has 6 heteroatoms. The molecule has 0 amide bonds. The number of aromatic nitrogens is 2. The number of rotatable bonds is 5. The van der Waals surface area contributed by atoms with Crippen molar-refractivity contribution in [2.24, 2.45) is 5.41 Å². The molecular formula is C12H18N2O4. The van der Waals surface area contributed by atoms with E-state index in [0.717, 1.165) is 13.0 Å². The Morgan fingerprint density at radius 3 is 2.94 bits per heavy atom. The van der Waals surface area contributed by atoms with E-state index in [1.807, 2.05) is 13.8 Å². The van der Waals surface area contributed by atoms with Crippen molar-refractivity contribution < 1.29 is 19.2 Å². The number of hydrogen-bond acceptors (Lipinski definition) is 5. The highest BCUT2D eigenvalue weighted by Gasteiger charge is 2.27. The fourth-order valence-electron chi connectivity index (χ4n) is 2.13. The average Bonchev–Trinajstić information content (AvgIpc) is 2.82. The van der Waals surface area contributed by atoms with Crippen LogP contribution in [0.2, 0.25) is 0 Å². The molecule has 1 fully saturated rings. The van der Waals surface area contributed by atoms with Gasteiger partial charge >= 0.3 is 5.97 Å². The third-order valence-corrected chi connectivity index (χ3v) is 3.04. The van der Waals surface area contributed by atoms with Crippen LogP contribution < -0.4 is 0 Å². The summed E-state index contributed by atoms with van der Waals surface area (Å²) in [6.07, 6.45) is 1.47. The molecule has 0 radical (unpaired) electrons. The van der Waals surface area contributed by atoms with Gasteiger partial charge in [0.05, 0.1) is 13.0 Å². The van der Waals surface area contributed by atoms with E-state index in [1.54, 1.807) is 0 Å². The van der Waals surface area contributed by atoms with Crippen molar-refractivity contribution in [2.75, 3.05) is 13.2 Å². The smallest absolute Gasteiger partial charge is 0.303 e. The monoisotopic (exact) mass is 254 g/mol. The van der Waals surface area contributed by atoms with Crippen molar-refractivity contribution in [1.82, 2.24) is 10.1 Å². The van der Waals surface area contributed by atoms with Crippen molar-refractivity contribution in [3.05, 3.63) is 11.7 Å². The van der Waals surface area contributed by atoms with Crippen molar-refractivity contribution >= 4 is 5.97 Å². The third-order valence-electron chi connectivity index (χ3n) is 3.04. The molecule has 1 unspecified atom stereocenters. The highest BCUT2D eigenvalue weighted by Crippen LogP contribution is 2.27. The zero-order valence-corrected chi connectivity index (χ0v) is 10.7. The lowest BCUT2D eigenvalue weighted by atomic mass is 9.86. The maximum Gasteiger partial charge on any atom is 0.303 e. The van der Waals surface area contributed by atoms with E-state index in [9.17, 15) is 4.79 Å². The number of aliphatic carboxylic acids is 1. The molecule has 1 atom stereocenters. The molecule has 0 bridgehead atoms. The first kappa shape index (κ1) is 13.0. The van der Waals surface area contributed by atoms with Gasteiger partial charge in [-0.15, -0.1) is 0 Å². The van der Waals surface area contributed by atoms with E-state index in [4.69, 9.17) is 14.4 Å². The third kappa shape index (κ3) is 3.29. The van der Waals surface area contributed by atoms with E-state index in [2.05, 4.69) is 10.1 Å². The van der Waals surface area contributed by atoms with Crippen LogP contribution in [0, 0.1) is 5.41 Å². The van der Waals surface area contributed by atoms with Crippen molar-refractivity contribution in [3.63, 3.8) is 0 Å². The van der Waals surface area contributed by atoms with E-state index in [-0.39, 0.29) is 17.8 Å². The number of carbonyl (C=O) groups is 1. The Morgan fingerprint density at radius 1 is 1.56 bits per heavy atom. The lowest BCUT2D eigenvalue weighted by Crippen LogP contribution is -2.19. The summed E-state index contributed by atoms with van der Waals surface area (Å²) in [4.78, 5) is 15.1. The fraction of sp³-hybridized carbons (Fsp3) is 0.750. The molecular weight excluding hydrogens is 236 g/mol. The average molecular weight is 254 g/mol. The molecule has 1 aromatic rings. The number of nitrogens with zero attached hydrogens (tertiary/aromatic N) is 2. The molecule has 100 valence electrons. The van der Waals surface area contributed by atoms with Crippen LogP contribution in [0.25, 0.3) is 0 Å². The lowest BCUT2D eigenvalue weighted by molar-refractivity contribution is -0.139. The summed E-state index contributed by atoms with van der Waals surface area (Å²) in [5.74, 6) is 0.575. The van der Waals surface area contributed by atoms with Crippen LogP contribution in [0.3, 0.4) is 0 Å². The first-order valence-corrected chi connectivity index (χ1v) is 6.08. The van der Waals surface area contributed by atoms with E-state index < -0.39 is 5.97 Å². The van der Waals surface area contributed by atoms with Crippen LogP contribution in [0.15, 0.2) is 4.52 Å². The summed E-state index contributed by atoms with van der Waals surface area (Å²) < 4.78 is 10.5. The topological polar surface area (TPSA) is 85.5 Å². The Bertz CT molecular complexity index is 421. The molecule has 1 aliphatic heterocycles. The second-order valence-electron chi connectivity index (χ2n) is 5.52. The Kier molecular flexibility index (Phi) is 3.65. The predicted octanol–water partition coefficient (Wildman–Crippen LogP) is 1.62. The number of hydrogen-bond donors (Lipinski definition) is 1. The molecule has 0 aromatic carbocycles. The Morgan fingerprint density at radius 2 is 2.33 bits per heavy atom. The number of carboxylic acids is 1. The van der Waals surface area contributed by atoms with Crippen molar-refractivity contribution in [3.8, 4) is 0 Å². The molecule has 1 saturated heterocycles. The van der Waals surface area contributed by atoms with Crippen LogP contribution in [-0.2, 0) is 16.0 Å². The van der Waals surface area contributed by atoms with Gasteiger partial charge in [-0.2, -0.15) is 4.98 Å². The van der Waals surface area contributed by atoms with Crippen LogP contribution in [0.4, 0.5) is 0 Å². The highest BCUT2D eigenvalue weighted by molar-refractivity contribution is 5.67. The molecule has 0 saturated carbocycles. The minimum atomic E-state index is -0.816. The minimum absolute atomic E-state index is 0.0806. The summed E-state index contributed by atoms with van der Waals surface area (Å²) in [7, 11) is 0. The normalized spacial score (nSPS) is 20.2. The maximum absolute atomic E-state index is 10.7. The summed E-state index contributed by atoms with van der Waals surface area (Å²) in [5.41, 5.74) is -0.387. The molecule has 1 aromatic heterocycles. The Hall–Kier alpha value is -1.43. The summed E-state index contributed by atoms with van der Waals surface area (Å²) >= 11 is 0. The van der Waals surface area contributed by atoms with Gasteiger partial charge in [-0.25, -0.2) is 0 Å². The van der Waals surface area contributed by atoms with Gasteiger partial charge in [-0.3, -0.25) is 4.79 Å². The molecule has 18 heavy (non-hydrogen) atoms. The number of carboxylic acid groups (broad SMARTS) is 1. The van der Waals surface area contributed by atoms with Gasteiger partial charge in [0.25, 0.3) is 0 Å². The molecule has 6 nitrogen and oxygen atoms in total. The summed E-state index contributed by atoms with van der Waals surface area (Å²) in [6.45, 7) is 5.13. The van der Waals surface area contributed by atoms with Gasteiger partial charge in [0.1, 0.15) is 0 Å². The molecule has 0 spiro atoms. The van der Waals surface area contributed by atoms with Crippen LogP contribution in [0.1, 0.15) is 44.3 Å². The zero-order chi connectivity index (χ0) is 13.2. The maximum atomic E-state index is 10.7. The van der Waals surface area contributed by atoms with E-state index in [1.165, 1.54) is 0 Å². The Labute approximate surface area is 105 Å². The first-order valence-electron chi connectivity index (χ1n) is 6.08. The predicted molar refractivity (Wildman–Crippen MR) is 62.2 cm³/mol. The molecule has 1 aliphatic rings. The minimum Gasteiger partial charge on any atom is -0.481 e. The first-order chi connectivity index (χ1) is 8.46. The van der Waals surface area contributed by atoms with Crippen LogP contribution in [-0.4, -0.2) is 34.4 Å². The van der Waals surface area contributed by atoms with Gasteiger partial charge in [0.2, 0.25) is 5.89 Å². The summed E-state index contributed by atoms with van der Waals surface area (Å²) in [6, 6.07) is 0. The zero-order valence-electron chi connectivity index (χ0n) is 10.7. The van der Waals surface area contributed by atoms with Crippen LogP contribution >= 0.6 is 0 Å². The SMILES string of the molecule is CC(C)(CC(=O)O)Cc1nc(C2CCOC2)no1. The second kappa shape index (κ2) is 5.06. The lowest BCUT2D eigenvalue weighted by Gasteiger charge is -2.19. The molecule has 2 heterocycles. The number of ether oxygens (including phenoxy) is 1. The van der Waals surface area contributed by atoms with E-state index >= 15 is 0 Å². The quantitative estimate of drug-likeness (QED) is 0.859. The Balaban J connectivity index is 1.99. The van der Waals surface area contributed by atoms with E-state index in [0.29, 0.717) is 24.7 Å². The molecule has 0 aliphatic carbocycles. The van der Waals surface area contributed by atoms with Crippen molar-refractivity contribution in [2.45, 2.75) is 39.0 Å². The second-order valence-corrected chi connectivity index (χ2v) is 5.52. The van der Waals surface area contributed by atoms with Gasteiger partial charge < -0.3 is 14.4 Å². The molecule has 1 N–H and O–H groups in total. The van der Waals surface area contributed by atoms with Gasteiger partial charge in [-0.05, 0) is 11.8 Å². The molecule has 2 rings (SSSR count). The van der Waals surface area contributed by atoms with Gasteiger partial charge in [0, 0.05) is 18.9 Å². The fourth-order valence-corrected chi connectivity index (χ4v) is 2.13. The highest BCUT2D eigenvalue weighted by atomic mass is 16.5. The van der Waals surface area contributed by atoms with Crippen LogP contribution in [0.5, 0.6) is 0 Å². The summed E-state index contributed by atoms with van der Waals surface area (Å²) in [5, 5.41) is 12.8. The largest absolute Gasteiger partial charge is 0.481 e.